The molecule has 0 spiro atoms. The van der Waals surface area contributed by atoms with Crippen LogP contribution >= 0.6 is 0 Å². The van der Waals surface area contributed by atoms with Crippen LogP contribution in [0.25, 0.3) is 0 Å². The van der Waals surface area contributed by atoms with Crippen molar-refractivity contribution in [3.63, 3.8) is 0 Å². The lowest BCUT2D eigenvalue weighted by molar-refractivity contribution is -0.135. The van der Waals surface area contributed by atoms with Crippen LogP contribution in [0.4, 0.5) is 0 Å². The van der Waals surface area contributed by atoms with E-state index in [0.29, 0.717) is 32.4 Å². The Hall–Kier alpha value is -1.10. The number of amides is 2. The van der Waals surface area contributed by atoms with Crippen LogP contribution in [0.1, 0.15) is 46.5 Å². The van der Waals surface area contributed by atoms with E-state index in [9.17, 15) is 9.59 Å². The molecule has 5 heteroatoms. The van der Waals surface area contributed by atoms with Crippen LogP contribution in [0.15, 0.2) is 0 Å². The van der Waals surface area contributed by atoms with Crippen molar-refractivity contribution >= 4 is 11.8 Å². The van der Waals surface area contributed by atoms with E-state index in [2.05, 4.69) is 20.8 Å². The number of nitrogens with two attached hydrogens (primary N) is 2. The van der Waals surface area contributed by atoms with E-state index < -0.39 is 0 Å². The summed E-state index contributed by atoms with van der Waals surface area (Å²) in [4.78, 5) is 25.0. The third kappa shape index (κ3) is 5.59. The van der Waals surface area contributed by atoms with Gasteiger partial charge < -0.3 is 16.4 Å². The molecule has 1 aliphatic rings. The van der Waals surface area contributed by atoms with Crippen molar-refractivity contribution in [2.24, 2.45) is 22.8 Å². The highest BCUT2D eigenvalue weighted by molar-refractivity contribution is 5.79. The van der Waals surface area contributed by atoms with Crippen LogP contribution in [-0.4, -0.2) is 35.8 Å². The summed E-state index contributed by atoms with van der Waals surface area (Å²) in [6, 6.07) is -0.0960. The van der Waals surface area contributed by atoms with Crippen LogP contribution in [0.2, 0.25) is 0 Å². The molecule has 5 nitrogen and oxygen atoms in total. The molecule has 2 amide bonds. The number of primary amides is 1. The van der Waals surface area contributed by atoms with Gasteiger partial charge in [-0.2, -0.15) is 0 Å². The summed E-state index contributed by atoms with van der Waals surface area (Å²) in [6.45, 7) is 7.60. The smallest absolute Gasteiger partial charge is 0.224 e. The van der Waals surface area contributed by atoms with E-state index in [-0.39, 0.29) is 29.2 Å². The Bertz CT molecular complexity index is 328. The summed E-state index contributed by atoms with van der Waals surface area (Å²) in [5.41, 5.74) is 11.4. The molecule has 19 heavy (non-hydrogen) atoms. The van der Waals surface area contributed by atoms with E-state index in [1.54, 1.807) is 0 Å². The highest BCUT2D eigenvalue weighted by Gasteiger charge is 2.27. The van der Waals surface area contributed by atoms with Gasteiger partial charge in [0.2, 0.25) is 11.8 Å². The SMILES string of the molecule is CC(C)(C)CC(N)CC(=O)N1CCC(C(N)=O)CC1. The second kappa shape index (κ2) is 6.37. The first kappa shape index (κ1) is 16.0. The van der Waals surface area contributed by atoms with Gasteiger partial charge in [0.1, 0.15) is 0 Å². The standard InChI is InChI=1S/C14H27N3O2/c1-14(2,3)9-11(15)8-12(18)17-6-4-10(5-7-17)13(16)19/h10-11H,4-9,15H2,1-3H3,(H2,16,19). The Morgan fingerprint density at radius 1 is 1.26 bits per heavy atom. The monoisotopic (exact) mass is 269 g/mol. The number of nitrogens with zero attached hydrogens (tertiary/aromatic N) is 1. The van der Waals surface area contributed by atoms with Gasteiger partial charge in [0.05, 0.1) is 0 Å². The fourth-order valence-corrected chi connectivity index (χ4v) is 2.63. The van der Waals surface area contributed by atoms with Gasteiger partial charge in [-0.05, 0) is 24.7 Å². The molecule has 1 atom stereocenters. The van der Waals surface area contributed by atoms with Crippen molar-refractivity contribution in [3.05, 3.63) is 0 Å². The van der Waals surface area contributed by atoms with Gasteiger partial charge in [-0.15, -0.1) is 0 Å². The molecule has 0 radical (unpaired) electrons. The fraction of sp³-hybridized carbons (Fsp3) is 0.857. The zero-order chi connectivity index (χ0) is 14.6. The van der Waals surface area contributed by atoms with Gasteiger partial charge in [0.15, 0.2) is 0 Å². The molecule has 1 fully saturated rings. The highest BCUT2D eigenvalue weighted by atomic mass is 16.2. The summed E-state index contributed by atoms with van der Waals surface area (Å²) >= 11 is 0. The molecule has 4 N–H and O–H groups in total. The molecular formula is C14H27N3O2. The predicted molar refractivity (Wildman–Crippen MR) is 75.2 cm³/mol. The highest BCUT2D eigenvalue weighted by Crippen LogP contribution is 2.22. The summed E-state index contributed by atoms with van der Waals surface area (Å²) in [6.07, 6.45) is 2.57. The summed E-state index contributed by atoms with van der Waals surface area (Å²) in [5.74, 6) is -0.233. The van der Waals surface area contributed by atoms with Crippen LogP contribution in [0.5, 0.6) is 0 Å². The van der Waals surface area contributed by atoms with Gasteiger partial charge >= 0.3 is 0 Å². The maximum atomic E-state index is 12.1. The minimum atomic E-state index is -0.253. The van der Waals surface area contributed by atoms with Crippen molar-refractivity contribution in [3.8, 4) is 0 Å². The molecule has 0 aromatic carbocycles. The quantitative estimate of drug-likeness (QED) is 0.793. The van der Waals surface area contributed by atoms with E-state index in [0.717, 1.165) is 6.42 Å². The van der Waals surface area contributed by atoms with Gasteiger partial charge in [-0.25, -0.2) is 0 Å². The summed E-state index contributed by atoms with van der Waals surface area (Å²) in [5, 5.41) is 0. The van der Waals surface area contributed by atoms with E-state index in [1.807, 2.05) is 4.90 Å². The number of piperidine rings is 1. The Balaban J connectivity index is 2.37. The number of carbonyl (C=O) groups is 2. The van der Waals surface area contributed by atoms with Crippen molar-refractivity contribution in [2.45, 2.75) is 52.5 Å². The molecule has 0 aromatic heterocycles. The van der Waals surface area contributed by atoms with Gasteiger partial charge in [0.25, 0.3) is 0 Å². The zero-order valence-corrected chi connectivity index (χ0v) is 12.3. The zero-order valence-electron chi connectivity index (χ0n) is 12.3. The van der Waals surface area contributed by atoms with Gasteiger partial charge in [-0.3, -0.25) is 9.59 Å². The van der Waals surface area contributed by atoms with Gasteiger partial charge in [0, 0.05) is 31.5 Å². The first-order valence-electron chi connectivity index (χ1n) is 7.02. The second-order valence-electron chi connectivity index (χ2n) is 6.79. The number of rotatable bonds is 4. The average Bonchev–Trinajstić information content (AvgIpc) is 2.26. The molecule has 110 valence electrons. The largest absolute Gasteiger partial charge is 0.369 e. The second-order valence-corrected chi connectivity index (χ2v) is 6.79. The maximum Gasteiger partial charge on any atom is 0.224 e. The van der Waals surface area contributed by atoms with E-state index >= 15 is 0 Å². The van der Waals surface area contributed by atoms with E-state index in [1.165, 1.54) is 0 Å². The van der Waals surface area contributed by atoms with Crippen molar-refractivity contribution in [1.29, 1.82) is 0 Å². The molecule has 0 aromatic rings. The van der Waals surface area contributed by atoms with Crippen LogP contribution in [-0.2, 0) is 9.59 Å². The molecule has 0 saturated carbocycles. The van der Waals surface area contributed by atoms with Crippen molar-refractivity contribution in [2.75, 3.05) is 13.1 Å². The summed E-state index contributed by atoms with van der Waals surface area (Å²) < 4.78 is 0. The van der Waals surface area contributed by atoms with Crippen LogP contribution < -0.4 is 11.5 Å². The number of likely N-dealkylation sites (tertiary alicyclic amines) is 1. The number of carbonyl (C=O) groups excluding carboxylic acids is 2. The maximum absolute atomic E-state index is 12.1. The lowest BCUT2D eigenvalue weighted by Crippen LogP contribution is -2.43. The van der Waals surface area contributed by atoms with E-state index in [4.69, 9.17) is 11.5 Å². The lowest BCUT2D eigenvalue weighted by atomic mass is 9.87. The van der Waals surface area contributed by atoms with Crippen molar-refractivity contribution in [1.82, 2.24) is 4.90 Å². The molecule has 1 aliphatic heterocycles. The number of hydrogen-bond donors (Lipinski definition) is 2. The normalized spacial score (nSPS) is 19.3. The lowest BCUT2D eigenvalue weighted by Gasteiger charge is -2.32. The molecular weight excluding hydrogens is 242 g/mol. The first-order valence-corrected chi connectivity index (χ1v) is 7.02. The molecule has 0 aliphatic carbocycles. The third-order valence-electron chi connectivity index (χ3n) is 3.56. The first-order chi connectivity index (χ1) is 8.69. The minimum Gasteiger partial charge on any atom is -0.369 e. The fourth-order valence-electron chi connectivity index (χ4n) is 2.63. The average molecular weight is 269 g/mol. The van der Waals surface area contributed by atoms with Crippen LogP contribution in [0, 0.1) is 11.3 Å². The Morgan fingerprint density at radius 3 is 2.21 bits per heavy atom. The topological polar surface area (TPSA) is 89.4 Å². The number of hydrogen-bond acceptors (Lipinski definition) is 3. The third-order valence-corrected chi connectivity index (χ3v) is 3.56. The van der Waals surface area contributed by atoms with Gasteiger partial charge in [-0.1, -0.05) is 20.8 Å². The Kier molecular flexibility index (Phi) is 5.35. The minimum absolute atomic E-state index is 0.0766. The Labute approximate surface area is 115 Å². The summed E-state index contributed by atoms with van der Waals surface area (Å²) in [7, 11) is 0. The van der Waals surface area contributed by atoms with Crippen molar-refractivity contribution < 1.29 is 9.59 Å². The molecule has 0 bridgehead atoms. The van der Waals surface area contributed by atoms with Crippen LogP contribution in [0.3, 0.4) is 0 Å². The molecule has 1 heterocycles. The predicted octanol–water partition coefficient (Wildman–Crippen LogP) is 0.864. The molecule has 1 rings (SSSR count). The molecule has 1 saturated heterocycles. The molecule has 1 unspecified atom stereocenters. The Morgan fingerprint density at radius 2 is 1.79 bits per heavy atom.